The van der Waals surface area contributed by atoms with E-state index in [4.69, 9.17) is 19.9 Å². The van der Waals surface area contributed by atoms with Crippen molar-refractivity contribution in [3.8, 4) is 17.3 Å². The van der Waals surface area contributed by atoms with Crippen LogP contribution in [0, 0.1) is 0 Å². The van der Waals surface area contributed by atoms with Crippen LogP contribution in [0.5, 0.6) is 11.5 Å². The van der Waals surface area contributed by atoms with E-state index < -0.39 is 5.91 Å². The van der Waals surface area contributed by atoms with E-state index in [1.165, 1.54) is 25.1 Å². The number of rotatable bonds is 8. The minimum Gasteiger partial charge on any atom is -0.493 e. The molecule has 3 rings (SSSR count). The molecule has 0 aliphatic rings. The lowest BCUT2D eigenvalue weighted by atomic mass is 10.2. The van der Waals surface area contributed by atoms with Crippen LogP contribution in [0.3, 0.4) is 0 Å². The Morgan fingerprint density at radius 3 is 2.72 bits per heavy atom. The largest absolute Gasteiger partial charge is 0.493 e. The minimum absolute atomic E-state index is 0.00862. The molecule has 0 spiro atoms. The fourth-order valence-electron chi connectivity index (χ4n) is 2.40. The third kappa shape index (κ3) is 4.14. The van der Waals surface area contributed by atoms with E-state index >= 15 is 0 Å². The highest BCUT2D eigenvalue weighted by molar-refractivity contribution is 5.94. The van der Waals surface area contributed by atoms with Crippen molar-refractivity contribution in [1.82, 2.24) is 30.7 Å². The predicted molar refractivity (Wildman–Crippen MR) is 98.9 cm³/mol. The Labute approximate surface area is 164 Å². The molecule has 29 heavy (non-hydrogen) atoms. The normalized spacial score (nSPS) is 11.0. The van der Waals surface area contributed by atoms with Gasteiger partial charge in [0.2, 0.25) is 11.6 Å². The zero-order valence-corrected chi connectivity index (χ0v) is 15.8. The number of anilines is 1. The van der Waals surface area contributed by atoms with Crippen molar-refractivity contribution in [2.24, 2.45) is 5.10 Å². The summed E-state index contributed by atoms with van der Waals surface area (Å²) in [5.74, 6) is 0.598. The summed E-state index contributed by atoms with van der Waals surface area (Å²) in [7, 11) is 4.52. The summed E-state index contributed by atoms with van der Waals surface area (Å²) in [5.41, 5.74) is 9.02. The Morgan fingerprint density at radius 1 is 1.28 bits per heavy atom. The van der Waals surface area contributed by atoms with Gasteiger partial charge >= 0.3 is 0 Å². The maximum atomic E-state index is 12.5. The maximum absolute atomic E-state index is 12.5. The molecule has 0 aliphatic carbocycles. The highest BCUT2D eigenvalue weighted by Gasteiger charge is 2.23. The average Bonchev–Trinajstić information content (AvgIpc) is 3.33. The Bertz CT molecular complexity index is 1030. The quantitative estimate of drug-likeness (QED) is 0.391. The summed E-state index contributed by atoms with van der Waals surface area (Å²) < 4.78 is 21.3. The molecule has 13 nitrogen and oxygen atoms in total. The number of aromatic nitrogens is 5. The van der Waals surface area contributed by atoms with Crippen molar-refractivity contribution in [3.63, 3.8) is 0 Å². The molecule has 2 heterocycles. The summed E-state index contributed by atoms with van der Waals surface area (Å²) in [6.45, 7) is 0.0153. The van der Waals surface area contributed by atoms with Gasteiger partial charge in [-0.2, -0.15) is 9.78 Å². The van der Waals surface area contributed by atoms with Crippen LogP contribution in [0.25, 0.3) is 5.82 Å². The molecule has 0 fully saturated rings. The highest BCUT2D eigenvalue weighted by Crippen LogP contribution is 2.26. The number of nitrogen functional groups attached to an aromatic ring is 1. The first kappa shape index (κ1) is 19.8. The number of nitrogens with one attached hydrogen (secondary N) is 1. The summed E-state index contributed by atoms with van der Waals surface area (Å²) in [4.78, 5) is 12.5. The maximum Gasteiger partial charge on any atom is 0.293 e. The number of benzene rings is 1. The fourth-order valence-corrected chi connectivity index (χ4v) is 2.40. The molecule has 13 heteroatoms. The van der Waals surface area contributed by atoms with Crippen LogP contribution in [0.1, 0.15) is 21.7 Å². The number of carbonyl (C=O) groups excluding carboxylic acids is 1. The molecule has 2 aromatic heterocycles. The van der Waals surface area contributed by atoms with Crippen molar-refractivity contribution in [1.29, 1.82) is 0 Å². The standard InChI is InChI=1S/C16H18N8O5/c1-26-8-10-13(19-23-24(10)15-14(17)21-29-22-15)16(25)20-18-7-9-4-5-11(27-2)12(6-9)28-3/h4-7H,8H2,1-3H3,(H2,17,21)(H,20,25)/b18-7-. The van der Waals surface area contributed by atoms with Gasteiger partial charge in [0.25, 0.3) is 5.91 Å². The monoisotopic (exact) mass is 402 g/mol. The number of nitrogens with two attached hydrogens (primary N) is 1. The van der Waals surface area contributed by atoms with Crippen LogP contribution < -0.4 is 20.6 Å². The lowest BCUT2D eigenvalue weighted by Crippen LogP contribution is -2.20. The van der Waals surface area contributed by atoms with Crippen LogP contribution in [0.15, 0.2) is 27.9 Å². The molecular formula is C16H18N8O5. The van der Waals surface area contributed by atoms with E-state index in [9.17, 15) is 4.79 Å². The SMILES string of the molecule is COCc1c(C(=O)N/N=C\c2ccc(OC)c(OC)c2)nnn1-c1nonc1N. The van der Waals surface area contributed by atoms with Crippen molar-refractivity contribution in [2.75, 3.05) is 27.1 Å². The number of hydrogen-bond donors (Lipinski definition) is 2. The molecule has 3 N–H and O–H groups in total. The third-order valence-corrected chi connectivity index (χ3v) is 3.74. The molecule has 0 aliphatic heterocycles. The number of ether oxygens (including phenoxy) is 3. The number of amides is 1. The number of methoxy groups -OCH3 is 3. The summed E-state index contributed by atoms with van der Waals surface area (Å²) in [6, 6.07) is 5.19. The topological polar surface area (TPSA) is 165 Å². The van der Waals surface area contributed by atoms with Crippen molar-refractivity contribution in [2.45, 2.75) is 6.61 Å². The minimum atomic E-state index is -0.602. The first-order valence-electron chi connectivity index (χ1n) is 8.16. The van der Waals surface area contributed by atoms with E-state index in [-0.39, 0.29) is 23.9 Å². The molecule has 0 saturated carbocycles. The van der Waals surface area contributed by atoms with Gasteiger partial charge < -0.3 is 19.9 Å². The lowest BCUT2D eigenvalue weighted by molar-refractivity contribution is 0.0944. The van der Waals surface area contributed by atoms with Gasteiger partial charge in [0.1, 0.15) is 5.69 Å². The van der Waals surface area contributed by atoms with Crippen LogP contribution in [-0.2, 0) is 11.3 Å². The summed E-state index contributed by atoms with van der Waals surface area (Å²) in [6.07, 6.45) is 1.44. The van der Waals surface area contributed by atoms with Crippen LogP contribution >= 0.6 is 0 Å². The molecule has 0 radical (unpaired) electrons. The van der Waals surface area contributed by atoms with Crippen molar-refractivity contribution in [3.05, 3.63) is 35.2 Å². The van der Waals surface area contributed by atoms with Crippen molar-refractivity contribution < 1.29 is 23.6 Å². The molecule has 0 saturated heterocycles. The average molecular weight is 402 g/mol. The van der Waals surface area contributed by atoms with Crippen LogP contribution in [-0.4, -0.2) is 58.8 Å². The zero-order valence-electron chi connectivity index (χ0n) is 15.8. The molecule has 0 unspecified atom stereocenters. The van der Waals surface area contributed by atoms with Crippen LogP contribution in [0.2, 0.25) is 0 Å². The van der Waals surface area contributed by atoms with Gasteiger partial charge in [0.05, 0.1) is 27.0 Å². The van der Waals surface area contributed by atoms with Gasteiger partial charge in [-0.3, -0.25) is 4.79 Å². The van der Waals surface area contributed by atoms with Gasteiger partial charge in [0, 0.05) is 7.11 Å². The Balaban J connectivity index is 1.78. The molecule has 1 amide bonds. The number of nitrogens with zero attached hydrogens (tertiary/aromatic N) is 6. The molecule has 3 aromatic rings. The van der Waals surface area contributed by atoms with Crippen LogP contribution in [0.4, 0.5) is 5.82 Å². The second-order valence-electron chi connectivity index (χ2n) is 5.52. The first-order valence-corrected chi connectivity index (χ1v) is 8.16. The van der Waals surface area contributed by atoms with E-state index in [2.05, 4.69) is 35.8 Å². The molecule has 152 valence electrons. The third-order valence-electron chi connectivity index (χ3n) is 3.74. The number of carbonyl (C=O) groups is 1. The van der Waals surface area contributed by atoms with E-state index in [0.29, 0.717) is 22.8 Å². The Morgan fingerprint density at radius 2 is 2.07 bits per heavy atom. The smallest absolute Gasteiger partial charge is 0.293 e. The van der Waals surface area contributed by atoms with Gasteiger partial charge in [-0.1, -0.05) is 5.21 Å². The van der Waals surface area contributed by atoms with Crippen molar-refractivity contribution >= 4 is 17.9 Å². The van der Waals surface area contributed by atoms with Gasteiger partial charge in [0.15, 0.2) is 17.2 Å². The van der Waals surface area contributed by atoms with Gasteiger partial charge in [-0.15, -0.1) is 5.10 Å². The number of hydrazone groups is 1. The molecular weight excluding hydrogens is 384 g/mol. The first-order chi connectivity index (χ1) is 14.1. The summed E-state index contributed by atoms with van der Waals surface area (Å²) in [5, 5.41) is 18.8. The Hall–Kier alpha value is -4.00. The van der Waals surface area contributed by atoms with E-state index in [0.717, 1.165) is 0 Å². The molecule has 0 atom stereocenters. The predicted octanol–water partition coefficient (Wildman–Crippen LogP) is 0.160. The van der Waals surface area contributed by atoms with Gasteiger partial charge in [-0.25, -0.2) is 10.1 Å². The Kier molecular flexibility index (Phi) is 5.99. The second-order valence-corrected chi connectivity index (χ2v) is 5.52. The summed E-state index contributed by atoms with van der Waals surface area (Å²) >= 11 is 0. The van der Waals surface area contributed by atoms with Gasteiger partial charge in [-0.05, 0) is 34.1 Å². The van der Waals surface area contributed by atoms with E-state index in [1.54, 1.807) is 25.3 Å². The highest BCUT2D eigenvalue weighted by atomic mass is 16.6. The zero-order chi connectivity index (χ0) is 20.8. The molecule has 1 aromatic carbocycles. The fraction of sp³-hybridized carbons (Fsp3) is 0.250. The molecule has 0 bridgehead atoms. The lowest BCUT2D eigenvalue weighted by Gasteiger charge is -2.07. The van der Waals surface area contributed by atoms with E-state index in [1.807, 2.05) is 0 Å². The second kappa shape index (κ2) is 8.79. The number of hydrogen-bond acceptors (Lipinski definition) is 11.